The monoisotopic (exact) mass is 556 g/mol. The Morgan fingerprint density at radius 2 is 1.76 bits per heavy atom. The second-order valence-electron chi connectivity index (χ2n) is 7.38. The van der Waals surface area contributed by atoms with Crippen molar-refractivity contribution in [3.63, 3.8) is 0 Å². The van der Waals surface area contributed by atoms with Gasteiger partial charge in [-0.1, -0.05) is 0 Å². The summed E-state index contributed by atoms with van der Waals surface area (Å²) in [5, 5.41) is 6.39. The number of hydrogen-bond donors (Lipinski definition) is 2. The SMILES string of the molecule is CCNC(=NCC1CN(C)CCN1C)NC1CCN(S(=O)(=O)C(F)(F)F)CC1.I. The van der Waals surface area contributed by atoms with E-state index in [1.165, 1.54) is 0 Å². The lowest BCUT2D eigenvalue weighted by molar-refractivity contribution is -0.0494. The fourth-order valence-electron chi connectivity index (χ4n) is 3.40. The van der Waals surface area contributed by atoms with Gasteiger partial charge in [0, 0.05) is 51.4 Å². The van der Waals surface area contributed by atoms with Crippen LogP contribution in [0, 0.1) is 0 Å². The summed E-state index contributed by atoms with van der Waals surface area (Å²) < 4.78 is 61.6. The van der Waals surface area contributed by atoms with Crippen molar-refractivity contribution in [1.82, 2.24) is 24.7 Å². The van der Waals surface area contributed by atoms with E-state index in [4.69, 9.17) is 0 Å². The zero-order chi connectivity index (χ0) is 20.9. The zero-order valence-electron chi connectivity index (χ0n) is 17.1. The van der Waals surface area contributed by atoms with Crippen LogP contribution >= 0.6 is 24.0 Å². The van der Waals surface area contributed by atoms with Crippen LogP contribution in [-0.4, -0.2) is 106 Å². The molecular weight excluding hydrogens is 524 g/mol. The van der Waals surface area contributed by atoms with Crippen LogP contribution in [0.1, 0.15) is 19.8 Å². The number of guanidine groups is 1. The van der Waals surface area contributed by atoms with Crippen molar-refractivity contribution in [2.75, 3.05) is 59.9 Å². The Morgan fingerprint density at radius 1 is 1.14 bits per heavy atom. The lowest BCUT2D eigenvalue weighted by atomic mass is 10.1. The number of piperazine rings is 1. The summed E-state index contributed by atoms with van der Waals surface area (Å²) in [5.41, 5.74) is -5.25. The number of alkyl halides is 3. The standard InChI is InChI=1S/C16H31F3N6O2S.HI/c1-4-20-15(21-11-14-12-23(2)9-10-24(14)3)22-13-5-7-25(8-6-13)28(26,27)16(17,18)19;/h13-14H,4-12H2,1-3H3,(H2,20,21,22);1H. The van der Waals surface area contributed by atoms with Gasteiger partial charge in [0.25, 0.3) is 0 Å². The van der Waals surface area contributed by atoms with Gasteiger partial charge in [-0.2, -0.15) is 17.5 Å². The number of sulfonamides is 1. The Morgan fingerprint density at radius 3 is 2.31 bits per heavy atom. The normalized spacial score (nSPS) is 24.2. The van der Waals surface area contributed by atoms with Crippen molar-refractivity contribution in [2.24, 2.45) is 4.99 Å². The molecule has 0 amide bonds. The van der Waals surface area contributed by atoms with E-state index in [1.54, 1.807) is 0 Å². The molecule has 0 aromatic carbocycles. The van der Waals surface area contributed by atoms with Crippen LogP contribution in [0.15, 0.2) is 4.99 Å². The molecule has 2 aliphatic rings. The first-order valence-corrected chi connectivity index (χ1v) is 11.0. The van der Waals surface area contributed by atoms with Gasteiger partial charge >= 0.3 is 15.5 Å². The maximum absolute atomic E-state index is 12.7. The molecule has 0 aliphatic carbocycles. The van der Waals surface area contributed by atoms with Gasteiger partial charge in [-0.25, -0.2) is 8.42 Å². The number of piperidine rings is 1. The molecule has 2 heterocycles. The van der Waals surface area contributed by atoms with Crippen molar-refractivity contribution in [2.45, 2.75) is 37.4 Å². The third-order valence-electron chi connectivity index (χ3n) is 5.21. The van der Waals surface area contributed by atoms with E-state index in [-0.39, 0.29) is 43.1 Å². The third-order valence-corrected chi connectivity index (χ3v) is 6.84. The van der Waals surface area contributed by atoms with Gasteiger partial charge in [-0.15, -0.1) is 24.0 Å². The molecule has 2 saturated heterocycles. The molecule has 1 atom stereocenters. The Labute approximate surface area is 188 Å². The predicted molar refractivity (Wildman–Crippen MR) is 118 cm³/mol. The van der Waals surface area contributed by atoms with Gasteiger partial charge in [0.15, 0.2) is 5.96 Å². The summed E-state index contributed by atoms with van der Waals surface area (Å²) >= 11 is 0. The fraction of sp³-hybridized carbons (Fsp3) is 0.938. The molecule has 0 saturated carbocycles. The van der Waals surface area contributed by atoms with Gasteiger partial charge in [-0.05, 0) is 33.9 Å². The van der Waals surface area contributed by atoms with Crippen LogP contribution in [0.3, 0.4) is 0 Å². The Hall–Kier alpha value is -0.380. The average Bonchev–Trinajstić information content (AvgIpc) is 2.62. The third kappa shape index (κ3) is 7.36. The topological polar surface area (TPSA) is 80.3 Å². The van der Waals surface area contributed by atoms with Crippen molar-refractivity contribution in [1.29, 1.82) is 0 Å². The van der Waals surface area contributed by atoms with Crippen LogP contribution < -0.4 is 10.6 Å². The molecule has 2 aliphatic heterocycles. The highest BCUT2D eigenvalue weighted by atomic mass is 127. The molecule has 0 radical (unpaired) electrons. The number of nitrogens with one attached hydrogen (secondary N) is 2. The highest BCUT2D eigenvalue weighted by Crippen LogP contribution is 2.28. The summed E-state index contributed by atoms with van der Waals surface area (Å²) in [5.74, 6) is 0.612. The van der Waals surface area contributed by atoms with E-state index in [9.17, 15) is 21.6 Å². The van der Waals surface area contributed by atoms with E-state index >= 15 is 0 Å². The molecule has 8 nitrogen and oxygen atoms in total. The highest BCUT2D eigenvalue weighted by molar-refractivity contribution is 14.0. The van der Waals surface area contributed by atoms with Crippen LogP contribution in [0.4, 0.5) is 13.2 Å². The van der Waals surface area contributed by atoms with E-state index in [2.05, 4.69) is 39.5 Å². The second kappa shape index (κ2) is 11.3. The molecule has 2 fully saturated rings. The van der Waals surface area contributed by atoms with E-state index in [0.717, 1.165) is 19.6 Å². The summed E-state index contributed by atoms with van der Waals surface area (Å²) in [6.45, 7) is 5.82. The molecule has 0 bridgehead atoms. The minimum absolute atomic E-state index is 0. The Bertz CT molecular complexity index is 641. The van der Waals surface area contributed by atoms with Crippen molar-refractivity contribution in [3.8, 4) is 0 Å². The zero-order valence-corrected chi connectivity index (χ0v) is 20.2. The molecule has 0 aromatic heterocycles. The predicted octanol–water partition coefficient (Wildman–Crippen LogP) is 0.719. The second-order valence-corrected chi connectivity index (χ2v) is 9.31. The fourth-order valence-corrected chi connectivity index (χ4v) is 4.38. The van der Waals surface area contributed by atoms with Gasteiger partial charge in [0.2, 0.25) is 0 Å². The van der Waals surface area contributed by atoms with Crippen molar-refractivity contribution in [3.05, 3.63) is 0 Å². The number of hydrogen-bond acceptors (Lipinski definition) is 5. The Balaban J connectivity index is 0.00000420. The first-order valence-electron chi connectivity index (χ1n) is 9.54. The van der Waals surface area contributed by atoms with Crippen molar-refractivity contribution < 1.29 is 21.6 Å². The van der Waals surface area contributed by atoms with Crippen LogP contribution in [-0.2, 0) is 10.0 Å². The van der Waals surface area contributed by atoms with Gasteiger partial charge in [0.1, 0.15) is 0 Å². The maximum Gasteiger partial charge on any atom is 0.511 e. The molecule has 2 N–H and O–H groups in total. The minimum Gasteiger partial charge on any atom is -0.357 e. The smallest absolute Gasteiger partial charge is 0.357 e. The Kier molecular flexibility index (Phi) is 10.4. The first-order chi connectivity index (χ1) is 13.0. The molecule has 0 spiro atoms. The van der Waals surface area contributed by atoms with Crippen LogP contribution in [0.2, 0.25) is 0 Å². The summed E-state index contributed by atoms with van der Waals surface area (Å²) in [7, 11) is -1.10. The number of likely N-dealkylation sites (N-methyl/N-ethyl adjacent to an activating group) is 2. The summed E-state index contributed by atoms with van der Waals surface area (Å²) in [6, 6.07) is 0.178. The molecular formula is C16H32F3IN6O2S. The molecule has 13 heteroatoms. The summed E-state index contributed by atoms with van der Waals surface area (Å²) in [6.07, 6.45) is 0.595. The van der Waals surface area contributed by atoms with Gasteiger partial charge < -0.3 is 15.5 Å². The number of halogens is 4. The van der Waals surface area contributed by atoms with Gasteiger partial charge in [-0.3, -0.25) is 9.89 Å². The highest BCUT2D eigenvalue weighted by Gasteiger charge is 2.50. The molecule has 0 aromatic rings. The van der Waals surface area contributed by atoms with Crippen LogP contribution in [0.25, 0.3) is 0 Å². The molecule has 2 rings (SSSR count). The lowest BCUT2D eigenvalue weighted by Crippen LogP contribution is -2.53. The maximum atomic E-state index is 12.7. The molecule has 29 heavy (non-hydrogen) atoms. The van der Waals surface area contributed by atoms with Crippen LogP contribution in [0.5, 0.6) is 0 Å². The van der Waals surface area contributed by atoms with Gasteiger partial charge in [0.05, 0.1) is 6.54 Å². The molecule has 1 unspecified atom stereocenters. The van der Waals surface area contributed by atoms with E-state index < -0.39 is 15.5 Å². The first kappa shape index (κ1) is 26.7. The van der Waals surface area contributed by atoms with E-state index in [0.29, 0.717) is 42.2 Å². The molecule has 172 valence electrons. The number of aliphatic imine (C=N–C) groups is 1. The minimum atomic E-state index is -5.25. The largest absolute Gasteiger partial charge is 0.511 e. The quantitative estimate of drug-likeness (QED) is 0.295. The average molecular weight is 556 g/mol. The lowest BCUT2D eigenvalue weighted by Gasteiger charge is -2.37. The van der Waals surface area contributed by atoms with Crippen molar-refractivity contribution >= 4 is 40.0 Å². The number of nitrogens with zero attached hydrogens (tertiary/aromatic N) is 4. The number of rotatable bonds is 5. The summed E-state index contributed by atoms with van der Waals surface area (Å²) in [4.78, 5) is 9.17. The van der Waals surface area contributed by atoms with E-state index in [1.807, 2.05) is 6.92 Å².